The average Bonchev–Trinajstić information content (AvgIpc) is 2.42. The minimum Gasteiger partial charge on any atom is -0.397 e. The number of fused-ring (bicyclic) bond motifs is 1. The summed E-state index contributed by atoms with van der Waals surface area (Å²) in [5.74, 6) is 0. The normalized spacial score (nSPS) is 10.8. The lowest BCUT2D eigenvalue weighted by molar-refractivity contribution is 0.733. The summed E-state index contributed by atoms with van der Waals surface area (Å²) in [6.45, 7) is 6.43. The number of hydrogen-bond acceptors (Lipinski definition) is 3. The zero-order valence-electron chi connectivity index (χ0n) is 11.2. The van der Waals surface area contributed by atoms with Crippen molar-refractivity contribution < 1.29 is 0 Å². The molecule has 0 saturated carbocycles. The number of benzene rings is 1. The third-order valence-electron chi connectivity index (χ3n) is 3.34. The predicted octanol–water partition coefficient (Wildman–Crippen LogP) is 3.44. The van der Waals surface area contributed by atoms with Crippen LogP contribution in [0.3, 0.4) is 0 Å². The van der Waals surface area contributed by atoms with Gasteiger partial charge in [0, 0.05) is 36.3 Å². The molecule has 1 aromatic carbocycles. The van der Waals surface area contributed by atoms with E-state index in [9.17, 15) is 0 Å². The quantitative estimate of drug-likeness (QED) is 0.818. The molecule has 2 aromatic rings. The maximum atomic E-state index is 6.30. The van der Waals surface area contributed by atoms with Crippen molar-refractivity contribution in [1.82, 2.24) is 4.98 Å². The summed E-state index contributed by atoms with van der Waals surface area (Å²) < 4.78 is 0. The van der Waals surface area contributed by atoms with Crippen LogP contribution in [0.15, 0.2) is 30.6 Å². The zero-order valence-corrected chi connectivity index (χ0v) is 11.2. The molecule has 3 nitrogen and oxygen atoms in total. The molecule has 1 aromatic heterocycles. The van der Waals surface area contributed by atoms with E-state index in [1.807, 2.05) is 12.3 Å². The topological polar surface area (TPSA) is 42.2 Å². The molecule has 1 heterocycles. The smallest absolute Gasteiger partial charge is 0.0632 e. The number of pyridine rings is 1. The lowest BCUT2D eigenvalue weighted by Crippen LogP contribution is -2.24. The van der Waals surface area contributed by atoms with Gasteiger partial charge in [-0.2, -0.15) is 0 Å². The summed E-state index contributed by atoms with van der Waals surface area (Å²) in [7, 11) is 0. The van der Waals surface area contributed by atoms with Crippen LogP contribution >= 0.6 is 0 Å². The number of rotatable bonds is 5. The van der Waals surface area contributed by atoms with Crippen molar-refractivity contribution in [2.24, 2.45) is 0 Å². The molecule has 2 rings (SSSR count). The van der Waals surface area contributed by atoms with Crippen LogP contribution in [0.4, 0.5) is 11.4 Å². The van der Waals surface area contributed by atoms with E-state index in [4.69, 9.17) is 5.73 Å². The van der Waals surface area contributed by atoms with Crippen LogP contribution in [0.5, 0.6) is 0 Å². The van der Waals surface area contributed by atoms with Crippen LogP contribution in [0.25, 0.3) is 10.8 Å². The molecular weight excluding hydrogens is 222 g/mol. The summed E-state index contributed by atoms with van der Waals surface area (Å²) in [6, 6.07) is 6.20. The lowest BCUT2D eigenvalue weighted by atomic mass is 10.1. The van der Waals surface area contributed by atoms with Crippen molar-refractivity contribution in [3.05, 3.63) is 30.6 Å². The molecule has 96 valence electrons. The number of nitrogens with zero attached hydrogens (tertiary/aromatic N) is 2. The van der Waals surface area contributed by atoms with Gasteiger partial charge in [0.1, 0.15) is 0 Å². The molecule has 0 saturated heterocycles. The molecule has 3 heteroatoms. The maximum Gasteiger partial charge on any atom is 0.0632 e. The Morgan fingerprint density at radius 2 is 2.06 bits per heavy atom. The summed E-state index contributed by atoms with van der Waals surface area (Å²) in [6.07, 6.45) is 6.05. The van der Waals surface area contributed by atoms with E-state index in [1.54, 1.807) is 6.20 Å². The summed E-state index contributed by atoms with van der Waals surface area (Å²) in [5, 5.41) is 2.20. The van der Waals surface area contributed by atoms with Crippen molar-refractivity contribution in [3.8, 4) is 0 Å². The fraction of sp³-hybridized carbons (Fsp3) is 0.400. The predicted molar refractivity (Wildman–Crippen MR) is 79.0 cm³/mol. The van der Waals surface area contributed by atoms with Gasteiger partial charge in [0.2, 0.25) is 0 Å². The van der Waals surface area contributed by atoms with Crippen molar-refractivity contribution in [2.75, 3.05) is 23.7 Å². The van der Waals surface area contributed by atoms with E-state index in [2.05, 4.69) is 35.9 Å². The van der Waals surface area contributed by atoms with Crippen molar-refractivity contribution in [3.63, 3.8) is 0 Å². The van der Waals surface area contributed by atoms with Crippen LogP contribution in [0.2, 0.25) is 0 Å². The second kappa shape index (κ2) is 5.71. The highest BCUT2D eigenvalue weighted by atomic mass is 15.1. The SMILES string of the molecule is CCCCN(CC)c1ccc2cnccc2c1N. The fourth-order valence-corrected chi connectivity index (χ4v) is 2.25. The van der Waals surface area contributed by atoms with Gasteiger partial charge in [-0.1, -0.05) is 19.4 Å². The molecule has 0 radical (unpaired) electrons. The Balaban J connectivity index is 2.40. The Bertz CT molecular complexity index is 522. The Labute approximate surface area is 109 Å². The maximum absolute atomic E-state index is 6.30. The number of aromatic nitrogens is 1. The van der Waals surface area contributed by atoms with E-state index < -0.39 is 0 Å². The van der Waals surface area contributed by atoms with E-state index in [1.165, 1.54) is 12.8 Å². The van der Waals surface area contributed by atoms with Gasteiger partial charge in [0.15, 0.2) is 0 Å². The van der Waals surface area contributed by atoms with Crippen molar-refractivity contribution in [1.29, 1.82) is 0 Å². The van der Waals surface area contributed by atoms with Gasteiger partial charge < -0.3 is 10.6 Å². The van der Waals surface area contributed by atoms with Crippen molar-refractivity contribution >= 4 is 22.1 Å². The summed E-state index contributed by atoms with van der Waals surface area (Å²) >= 11 is 0. The molecule has 0 atom stereocenters. The van der Waals surface area contributed by atoms with Gasteiger partial charge >= 0.3 is 0 Å². The molecule has 2 N–H and O–H groups in total. The number of unbranched alkanes of at least 4 members (excludes halogenated alkanes) is 1. The lowest BCUT2D eigenvalue weighted by Gasteiger charge is -2.25. The van der Waals surface area contributed by atoms with Gasteiger partial charge in [0.05, 0.1) is 11.4 Å². The van der Waals surface area contributed by atoms with Gasteiger partial charge in [-0.3, -0.25) is 4.98 Å². The average molecular weight is 243 g/mol. The first-order valence-electron chi connectivity index (χ1n) is 6.65. The van der Waals surface area contributed by atoms with E-state index in [-0.39, 0.29) is 0 Å². The van der Waals surface area contributed by atoms with Crippen LogP contribution in [0, 0.1) is 0 Å². The molecular formula is C15H21N3. The third-order valence-corrected chi connectivity index (χ3v) is 3.34. The Morgan fingerprint density at radius 3 is 2.78 bits per heavy atom. The minimum absolute atomic E-state index is 0.868. The second-order valence-corrected chi connectivity index (χ2v) is 4.53. The molecule has 0 unspecified atom stereocenters. The van der Waals surface area contributed by atoms with Gasteiger partial charge in [0.25, 0.3) is 0 Å². The third kappa shape index (κ3) is 2.40. The van der Waals surface area contributed by atoms with Crippen LogP contribution in [-0.4, -0.2) is 18.1 Å². The standard InChI is InChI=1S/C15H21N3/c1-3-5-10-18(4-2)14-7-6-12-11-17-9-8-13(12)15(14)16/h6-9,11H,3-5,10,16H2,1-2H3. The first kappa shape index (κ1) is 12.7. The van der Waals surface area contributed by atoms with Gasteiger partial charge in [-0.15, -0.1) is 0 Å². The van der Waals surface area contributed by atoms with Gasteiger partial charge in [-0.05, 0) is 25.5 Å². The van der Waals surface area contributed by atoms with E-state index in [0.717, 1.165) is 35.2 Å². The molecule has 0 aliphatic heterocycles. The van der Waals surface area contributed by atoms with E-state index in [0.29, 0.717) is 0 Å². The monoisotopic (exact) mass is 243 g/mol. The number of nitrogen functional groups attached to an aromatic ring is 1. The largest absolute Gasteiger partial charge is 0.397 e. The highest BCUT2D eigenvalue weighted by molar-refractivity contribution is 5.98. The molecule has 0 spiro atoms. The number of anilines is 2. The molecule has 0 aliphatic rings. The molecule has 18 heavy (non-hydrogen) atoms. The number of hydrogen-bond donors (Lipinski definition) is 1. The van der Waals surface area contributed by atoms with Crippen LogP contribution in [-0.2, 0) is 0 Å². The Kier molecular flexibility index (Phi) is 4.03. The first-order valence-corrected chi connectivity index (χ1v) is 6.65. The Hall–Kier alpha value is -1.77. The number of nitrogens with two attached hydrogens (primary N) is 1. The first-order chi connectivity index (χ1) is 8.77. The summed E-state index contributed by atoms with van der Waals surface area (Å²) in [4.78, 5) is 6.48. The van der Waals surface area contributed by atoms with Crippen LogP contribution < -0.4 is 10.6 Å². The molecule has 0 bridgehead atoms. The summed E-state index contributed by atoms with van der Waals surface area (Å²) in [5.41, 5.74) is 8.31. The van der Waals surface area contributed by atoms with E-state index >= 15 is 0 Å². The van der Waals surface area contributed by atoms with Crippen LogP contribution in [0.1, 0.15) is 26.7 Å². The fourth-order valence-electron chi connectivity index (χ4n) is 2.25. The molecule has 0 amide bonds. The Morgan fingerprint density at radius 1 is 1.22 bits per heavy atom. The molecule has 0 fully saturated rings. The molecule has 0 aliphatic carbocycles. The van der Waals surface area contributed by atoms with Crippen molar-refractivity contribution in [2.45, 2.75) is 26.7 Å². The highest BCUT2D eigenvalue weighted by Gasteiger charge is 2.10. The second-order valence-electron chi connectivity index (χ2n) is 4.53. The van der Waals surface area contributed by atoms with Gasteiger partial charge in [-0.25, -0.2) is 0 Å². The minimum atomic E-state index is 0.868. The highest BCUT2D eigenvalue weighted by Crippen LogP contribution is 2.31. The zero-order chi connectivity index (χ0) is 13.0.